The summed E-state index contributed by atoms with van der Waals surface area (Å²) in [6.07, 6.45) is 10.8. The molecule has 2 atom stereocenters. The third-order valence-corrected chi connectivity index (χ3v) is 6.46. The van der Waals surface area contributed by atoms with Gasteiger partial charge in [0.2, 0.25) is 0 Å². The van der Waals surface area contributed by atoms with Gasteiger partial charge in [0.05, 0.1) is 0 Å². The first-order chi connectivity index (χ1) is 7.34. The third kappa shape index (κ3) is 3.68. The monoisotopic (exact) mass is 395 g/mol. The van der Waals surface area contributed by atoms with Crippen LogP contribution in [0.25, 0.3) is 0 Å². The molecule has 0 fully saturated rings. The number of hydrogen-bond acceptors (Lipinski definition) is 2. The van der Waals surface area contributed by atoms with Crippen molar-refractivity contribution in [2.45, 2.75) is 18.9 Å². The summed E-state index contributed by atoms with van der Waals surface area (Å²) in [5.74, 6) is 1.65. The first-order valence-corrected chi connectivity index (χ1v) is 10.6. The van der Waals surface area contributed by atoms with Crippen LogP contribution in [0.3, 0.4) is 0 Å². The van der Waals surface area contributed by atoms with Crippen LogP contribution in [0.4, 0.5) is 0 Å². The zero-order valence-corrected chi connectivity index (χ0v) is 13.3. The molecule has 0 saturated heterocycles. The normalized spacial score (nSPS) is 28.5. The van der Waals surface area contributed by atoms with E-state index in [2.05, 4.69) is 31.5 Å². The average Bonchev–Trinajstić information content (AvgIpc) is 2.30. The molecule has 1 heterocycles. The van der Waals surface area contributed by atoms with E-state index in [9.17, 15) is 0 Å². The van der Waals surface area contributed by atoms with Gasteiger partial charge >= 0.3 is 103 Å². The Morgan fingerprint density at radius 1 is 1.40 bits per heavy atom. The van der Waals surface area contributed by atoms with Gasteiger partial charge in [0, 0.05) is 0 Å². The second kappa shape index (κ2) is 5.75. The van der Waals surface area contributed by atoms with Crippen LogP contribution >= 0.6 is 0 Å². The van der Waals surface area contributed by atoms with Crippen LogP contribution in [0.5, 0.6) is 0 Å². The van der Waals surface area contributed by atoms with Crippen molar-refractivity contribution in [1.29, 1.82) is 0 Å². The molecule has 0 aromatic rings. The first-order valence-electron chi connectivity index (χ1n) is 5.46. The molecule has 0 amide bonds. The molecule has 0 saturated carbocycles. The Labute approximate surface area is 103 Å². The molecule has 0 aromatic carbocycles. The Morgan fingerprint density at radius 3 is 3.00 bits per heavy atom. The Kier molecular flexibility index (Phi) is 4.32. The van der Waals surface area contributed by atoms with Gasteiger partial charge in [-0.15, -0.1) is 0 Å². The van der Waals surface area contributed by atoms with E-state index in [0.717, 1.165) is 25.2 Å². The fourth-order valence-corrected chi connectivity index (χ4v) is 4.66. The predicted molar refractivity (Wildman–Crippen MR) is 64.8 cm³/mol. The summed E-state index contributed by atoms with van der Waals surface area (Å²) in [5, 5.41) is 0. The van der Waals surface area contributed by atoms with Crippen molar-refractivity contribution >= 4 is 27.3 Å². The number of ether oxygens (including phenoxy) is 1. The van der Waals surface area contributed by atoms with Crippen LogP contribution < -0.4 is 5.73 Å². The summed E-state index contributed by atoms with van der Waals surface area (Å²) in [4.78, 5) is 0. The fraction of sp³-hybridized carbons (Fsp3) is 0.417. The minimum atomic E-state index is -0.691. The molecule has 2 unspecified atom stereocenters. The van der Waals surface area contributed by atoms with Crippen molar-refractivity contribution < 1.29 is 4.74 Å². The van der Waals surface area contributed by atoms with E-state index in [1.807, 2.05) is 0 Å². The first kappa shape index (κ1) is 11.3. The van der Waals surface area contributed by atoms with E-state index < -0.39 is 23.7 Å². The predicted octanol–water partition coefficient (Wildman–Crippen LogP) is 1.21. The summed E-state index contributed by atoms with van der Waals surface area (Å²) < 4.78 is 10.4. The molecule has 2 aliphatic rings. The van der Waals surface area contributed by atoms with Crippen molar-refractivity contribution in [2.24, 2.45) is 11.7 Å². The standard InChI is InChI=1S/C12H16NO.Tl/c1-3-4-10(2)14-9-11-5-7-12(13)8-6-11;/h1-5,7,11-12H,6,8-9,13H2;. The SMILES string of the molecule is NC1C=CC(COC2=[CH][Tl]=[CH]C=C2)CC1. The second-order valence-electron chi connectivity index (χ2n) is 4.01. The summed E-state index contributed by atoms with van der Waals surface area (Å²) in [5.41, 5.74) is 5.79. The zero-order chi connectivity index (χ0) is 10.5. The zero-order valence-electron chi connectivity index (χ0n) is 8.80. The van der Waals surface area contributed by atoms with Gasteiger partial charge in [-0.2, -0.15) is 0 Å². The van der Waals surface area contributed by atoms with E-state index in [1.165, 1.54) is 0 Å². The van der Waals surface area contributed by atoms with Crippen LogP contribution in [0.1, 0.15) is 12.8 Å². The van der Waals surface area contributed by atoms with Crippen molar-refractivity contribution in [3.8, 4) is 0 Å². The molecule has 2 nitrogen and oxygen atoms in total. The van der Waals surface area contributed by atoms with Gasteiger partial charge in [-0.05, 0) is 0 Å². The maximum absolute atomic E-state index is 5.79. The van der Waals surface area contributed by atoms with E-state index >= 15 is 0 Å². The third-order valence-electron chi connectivity index (χ3n) is 2.71. The average molecular weight is 395 g/mol. The molecule has 78 valence electrons. The Bertz CT molecular complexity index is 331. The topological polar surface area (TPSA) is 35.2 Å². The van der Waals surface area contributed by atoms with E-state index in [-0.39, 0.29) is 6.04 Å². The second-order valence-corrected chi connectivity index (χ2v) is 8.30. The number of nitrogens with two attached hydrogens (primary N) is 1. The molecule has 0 bridgehead atoms. The van der Waals surface area contributed by atoms with E-state index in [4.69, 9.17) is 10.5 Å². The summed E-state index contributed by atoms with van der Waals surface area (Å²) in [6.45, 7) is 0.811. The molecule has 1 aliphatic heterocycles. The quantitative estimate of drug-likeness (QED) is 0.577. The van der Waals surface area contributed by atoms with Crippen LogP contribution in [-0.4, -0.2) is 40.0 Å². The van der Waals surface area contributed by atoms with Crippen LogP contribution in [-0.2, 0) is 4.74 Å². The van der Waals surface area contributed by atoms with Gasteiger partial charge in [0.25, 0.3) is 0 Å². The number of allylic oxidation sites excluding steroid dienone is 2. The Morgan fingerprint density at radius 2 is 2.33 bits per heavy atom. The van der Waals surface area contributed by atoms with E-state index in [1.54, 1.807) is 0 Å². The molecule has 0 radical (unpaired) electrons. The van der Waals surface area contributed by atoms with Crippen LogP contribution in [0.15, 0.2) is 33.7 Å². The Hall–Kier alpha value is -0.228. The molecular formula is C12H16NOTl. The van der Waals surface area contributed by atoms with Crippen molar-refractivity contribution in [3.63, 3.8) is 0 Å². The van der Waals surface area contributed by atoms with Gasteiger partial charge in [0.15, 0.2) is 0 Å². The molecule has 0 aromatic heterocycles. The molecule has 2 N–H and O–H groups in total. The summed E-state index contributed by atoms with van der Waals surface area (Å²) in [6, 6.07) is 0.265. The van der Waals surface area contributed by atoms with Crippen molar-refractivity contribution in [3.05, 3.63) is 33.7 Å². The van der Waals surface area contributed by atoms with Gasteiger partial charge < -0.3 is 0 Å². The van der Waals surface area contributed by atoms with Gasteiger partial charge in [0.1, 0.15) is 0 Å². The summed E-state index contributed by atoms with van der Waals surface area (Å²) in [7, 11) is 0. The van der Waals surface area contributed by atoms with E-state index in [0.29, 0.717) is 5.92 Å². The van der Waals surface area contributed by atoms with Gasteiger partial charge in [-0.1, -0.05) is 0 Å². The molecule has 2 rings (SSSR count). The molecule has 15 heavy (non-hydrogen) atoms. The number of rotatable bonds is 3. The van der Waals surface area contributed by atoms with Crippen molar-refractivity contribution in [1.82, 2.24) is 0 Å². The number of hydrogen-bond donors (Lipinski definition) is 1. The van der Waals surface area contributed by atoms with Gasteiger partial charge in [-0.25, -0.2) is 0 Å². The molecule has 0 spiro atoms. The maximum atomic E-state index is 5.79. The van der Waals surface area contributed by atoms with Crippen LogP contribution in [0, 0.1) is 5.92 Å². The molecule has 1 aliphatic carbocycles. The molecule has 3 heteroatoms. The minimum absolute atomic E-state index is 0.265. The fourth-order valence-electron chi connectivity index (χ4n) is 1.76. The van der Waals surface area contributed by atoms with Crippen LogP contribution in [0.2, 0.25) is 0 Å². The van der Waals surface area contributed by atoms with Gasteiger partial charge in [-0.3, -0.25) is 0 Å². The van der Waals surface area contributed by atoms with Crippen molar-refractivity contribution in [2.75, 3.05) is 6.61 Å². The molecular weight excluding hydrogens is 379 g/mol. The summed E-state index contributed by atoms with van der Waals surface area (Å²) >= 11 is -0.691. The Balaban J connectivity index is 1.79.